The van der Waals surface area contributed by atoms with Gasteiger partial charge in [0.05, 0.1) is 0 Å². The summed E-state index contributed by atoms with van der Waals surface area (Å²) in [6.45, 7) is 7.43. The molecule has 1 amide bonds. The summed E-state index contributed by atoms with van der Waals surface area (Å²) in [5.74, 6) is 0.282. The molecular weight excluding hydrogens is 262 g/mol. The summed E-state index contributed by atoms with van der Waals surface area (Å²) in [7, 11) is 2.08. The van der Waals surface area contributed by atoms with Gasteiger partial charge in [-0.25, -0.2) is 0 Å². The van der Waals surface area contributed by atoms with E-state index in [4.69, 9.17) is 0 Å². The number of nitrogens with one attached hydrogen (secondary N) is 1. The molecule has 0 aliphatic carbocycles. The first kappa shape index (κ1) is 16.0. The van der Waals surface area contributed by atoms with Crippen LogP contribution in [0.15, 0.2) is 24.3 Å². The van der Waals surface area contributed by atoms with Crippen LogP contribution in [0.4, 0.5) is 0 Å². The van der Waals surface area contributed by atoms with Gasteiger partial charge in [0.1, 0.15) is 0 Å². The van der Waals surface area contributed by atoms with Gasteiger partial charge in [0, 0.05) is 45.7 Å². The average Bonchev–Trinajstić information content (AvgIpc) is 2.54. The lowest BCUT2D eigenvalue weighted by atomic mass is 10.1. The van der Waals surface area contributed by atoms with Crippen molar-refractivity contribution >= 4 is 5.91 Å². The molecule has 1 aliphatic heterocycles. The van der Waals surface area contributed by atoms with Gasteiger partial charge in [-0.2, -0.15) is 0 Å². The molecule has 1 aliphatic rings. The standard InChI is InChI=1S/C17H27N3O/c1-3-15-4-6-16(7-5-15)14-19(2)11-8-17(21)20-12-9-18-10-13-20/h4-7,18H,3,8-14H2,1-2H3. The molecule has 1 saturated heterocycles. The summed E-state index contributed by atoms with van der Waals surface area (Å²) in [4.78, 5) is 16.3. The van der Waals surface area contributed by atoms with Crippen molar-refractivity contribution in [3.63, 3.8) is 0 Å². The van der Waals surface area contributed by atoms with Gasteiger partial charge >= 0.3 is 0 Å². The van der Waals surface area contributed by atoms with Crippen LogP contribution in [-0.2, 0) is 17.8 Å². The van der Waals surface area contributed by atoms with Crippen molar-refractivity contribution in [2.45, 2.75) is 26.3 Å². The van der Waals surface area contributed by atoms with E-state index in [-0.39, 0.29) is 5.91 Å². The third-order valence-corrected chi connectivity index (χ3v) is 4.06. The molecule has 4 nitrogen and oxygen atoms in total. The summed E-state index contributed by atoms with van der Waals surface area (Å²) in [5, 5.41) is 3.27. The smallest absolute Gasteiger partial charge is 0.223 e. The van der Waals surface area contributed by atoms with Gasteiger partial charge in [0.2, 0.25) is 5.91 Å². The Bertz CT molecular complexity index is 438. The number of nitrogens with zero attached hydrogens (tertiary/aromatic N) is 2. The molecule has 21 heavy (non-hydrogen) atoms. The molecule has 0 spiro atoms. The zero-order chi connectivity index (χ0) is 15.1. The maximum atomic E-state index is 12.1. The average molecular weight is 289 g/mol. The summed E-state index contributed by atoms with van der Waals surface area (Å²) < 4.78 is 0. The van der Waals surface area contributed by atoms with Crippen LogP contribution in [0.25, 0.3) is 0 Å². The van der Waals surface area contributed by atoms with Crippen molar-refractivity contribution in [2.24, 2.45) is 0 Å². The molecule has 0 atom stereocenters. The van der Waals surface area contributed by atoms with E-state index in [9.17, 15) is 4.79 Å². The van der Waals surface area contributed by atoms with E-state index in [0.717, 1.165) is 45.7 Å². The van der Waals surface area contributed by atoms with E-state index < -0.39 is 0 Å². The van der Waals surface area contributed by atoms with Crippen LogP contribution < -0.4 is 5.32 Å². The predicted octanol–water partition coefficient (Wildman–Crippen LogP) is 1.50. The second-order valence-electron chi connectivity index (χ2n) is 5.79. The molecule has 116 valence electrons. The number of hydrogen-bond acceptors (Lipinski definition) is 3. The van der Waals surface area contributed by atoms with Gasteiger partial charge in [0.15, 0.2) is 0 Å². The number of carbonyl (C=O) groups excluding carboxylic acids is 1. The number of rotatable bonds is 6. The van der Waals surface area contributed by atoms with Crippen molar-refractivity contribution in [3.05, 3.63) is 35.4 Å². The lowest BCUT2D eigenvalue weighted by Gasteiger charge is -2.28. The number of piperazine rings is 1. The molecule has 0 radical (unpaired) electrons. The fourth-order valence-corrected chi connectivity index (χ4v) is 2.63. The molecule has 0 aromatic heterocycles. The van der Waals surface area contributed by atoms with E-state index in [1.807, 2.05) is 4.90 Å². The van der Waals surface area contributed by atoms with Crippen LogP contribution in [0.2, 0.25) is 0 Å². The minimum Gasteiger partial charge on any atom is -0.340 e. The number of hydrogen-bond donors (Lipinski definition) is 1. The Morgan fingerprint density at radius 3 is 2.43 bits per heavy atom. The highest BCUT2D eigenvalue weighted by molar-refractivity contribution is 5.76. The number of carbonyl (C=O) groups is 1. The number of amides is 1. The Hall–Kier alpha value is -1.39. The third kappa shape index (κ3) is 5.14. The van der Waals surface area contributed by atoms with E-state index in [0.29, 0.717) is 6.42 Å². The van der Waals surface area contributed by atoms with Gasteiger partial charge in [-0.15, -0.1) is 0 Å². The second kappa shape index (κ2) is 8.15. The van der Waals surface area contributed by atoms with E-state index in [1.165, 1.54) is 11.1 Å². The highest BCUT2D eigenvalue weighted by Gasteiger charge is 2.16. The maximum Gasteiger partial charge on any atom is 0.223 e. The van der Waals surface area contributed by atoms with E-state index in [2.05, 4.69) is 48.5 Å². The van der Waals surface area contributed by atoms with Crippen molar-refractivity contribution < 1.29 is 4.79 Å². The van der Waals surface area contributed by atoms with Crippen LogP contribution >= 0.6 is 0 Å². The quantitative estimate of drug-likeness (QED) is 0.862. The summed E-state index contributed by atoms with van der Waals surface area (Å²) in [6.07, 6.45) is 1.69. The first-order valence-corrected chi connectivity index (χ1v) is 7.94. The molecule has 1 heterocycles. The molecule has 4 heteroatoms. The molecule has 0 unspecified atom stereocenters. The summed E-state index contributed by atoms with van der Waals surface area (Å²) in [6, 6.07) is 8.75. The van der Waals surface area contributed by atoms with Crippen molar-refractivity contribution in [2.75, 3.05) is 39.8 Å². The highest BCUT2D eigenvalue weighted by atomic mass is 16.2. The summed E-state index contributed by atoms with van der Waals surface area (Å²) >= 11 is 0. The molecular formula is C17H27N3O. The van der Waals surface area contributed by atoms with Crippen LogP contribution in [0.1, 0.15) is 24.5 Å². The molecule has 0 saturated carbocycles. The zero-order valence-electron chi connectivity index (χ0n) is 13.3. The summed E-state index contributed by atoms with van der Waals surface area (Å²) in [5.41, 5.74) is 2.68. The van der Waals surface area contributed by atoms with Crippen LogP contribution in [0, 0.1) is 0 Å². The topological polar surface area (TPSA) is 35.6 Å². The molecule has 0 bridgehead atoms. The molecule has 1 aromatic rings. The lowest BCUT2D eigenvalue weighted by Crippen LogP contribution is -2.47. The number of aryl methyl sites for hydroxylation is 1. The van der Waals surface area contributed by atoms with E-state index in [1.54, 1.807) is 0 Å². The lowest BCUT2D eigenvalue weighted by molar-refractivity contribution is -0.132. The van der Waals surface area contributed by atoms with E-state index >= 15 is 0 Å². The van der Waals surface area contributed by atoms with Gasteiger partial charge in [-0.1, -0.05) is 31.2 Å². The van der Waals surface area contributed by atoms with Crippen molar-refractivity contribution in [3.8, 4) is 0 Å². The normalized spacial score (nSPS) is 15.5. The maximum absolute atomic E-state index is 12.1. The molecule has 2 rings (SSSR count). The Morgan fingerprint density at radius 1 is 1.19 bits per heavy atom. The Labute approximate surface area is 128 Å². The first-order chi connectivity index (χ1) is 10.2. The Morgan fingerprint density at radius 2 is 1.81 bits per heavy atom. The number of benzene rings is 1. The van der Waals surface area contributed by atoms with Crippen LogP contribution in [-0.4, -0.2) is 55.5 Å². The minimum atomic E-state index is 0.282. The minimum absolute atomic E-state index is 0.282. The highest BCUT2D eigenvalue weighted by Crippen LogP contribution is 2.08. The fraction of sp³-hybridized carbons (Fsp3) is 0.588. The predicted molar refractivity (Wildman–Crippen MR) is 86.2 cm³/mol. The Balaban J connectivity index is 1.73. The fourth-order valence-electron chi connectivity index (χ4n) is 2.63. The largest absolute Gasteiger partial charge is 0.340 e. The van der Waals surface area contributed by atoms with Gasteiger partial charge in [0.25, 0.3) is 0 Å². The second-order valence-corrected chi connectivity index (χ2v) is 5.79. The Kier molecular flexibility index (Phi) is 6.21. The van der Waals surface area contributed by atoms with Gasteiger partial charge in [-0.3, -0.25) is 4.79 Å². The molecule has 1 N–H and O–H groups in total. The van der Waals surface area contributed by atoms with Gasteiger partial charge in [-0.05, 0) is 24.6 Å². The van der Waals surface area contributed by atoms with Crippen LogP contribution in [0.3, 0.4) is 0 Å². The van der Waals surface area contributed by atoms with Crippen LogP contribution in [0.5, 0.6) is 0 Å². The third-order valence-electron chi connectivity index (χ3n) is 4.06. The first-order valence-electron chi connectivity index (χ1n) is 7.94. The SMILES string of the molecule is CCc1ccc(CN(C)CCC(=O)N2CCNCC2)cc1. The zero-order valence-corrected chi connectivity index (χ0v) is 13.3. The molecule has 1 fully saturated rings. The van der Waals surface area contributed by atoms with Crippen molar-refractivity contribution in [1.82, 2.24) is 15.1 Å². The monoisotopic (exact) mass is 289 g/mol. The van der Waals surface area contributed by atoms with Crippen molar-refractivity contribution in [1.29, 1.82) is 0 Å². The molecule has 1 aromatic carbocycles. The van der Waals surface area contributed by atoms with Gasteiger partial charge < -0.3 is 15.1 Å².